The average Bonchev–Trinajstić information content (AvgIpc) is 2.88. The lowest BCUT2D eigenvalue weighted by Crippen LogP contribution is -2.17. The predicted octanol–water partition coefficient (Wildman–Crippen LogP) is 2.71. The Bertz CT molecular complexity index is 681. The van der Waals surface area contributed by atoms with Crippen molar-refractivity contribution in [2.75, 3.05) is 0 Å². The summed E-state index contributed by atoms with van der Waals surface area (Å²) in [5.74, 6) is -0.623. The molecule has 1 aromatic carbocycles. The second-order valence-electron chi connectivity index (χ2n) is 3.61. The summed E-state index contributed by atoms with van der Waals surface area (Å²) in [6.07, 6.45) is 1.18. The highest BCUT2D eigenvalue weighted by molar-refractivity contribution is 9.10. The molecular weight excluding hydrogens is 330 g/mol. The van der Waals surface area contributed by atoms with Crippen molar-refractivity contribution in [1.29, 1.82) is 0 Å². The SMILES string of the molecule is O=C(N/N=C/c1ccc([N+](=O)[O-])o1)c1ccccc1Br. The van der Waals surface area contributed by atoms with Crippen LogP contribution in [-0.4, -0.2) is 17.0 Å². The van der Waals surface area contributed by atoms with E-state index in [1.54, 1.807) is 24.3 Å². The lowest BCUT2D eigenvalue weighted by atomic mass is 10.2. The molecule has 0 aliphatic heterocycles. The van der Waals surface area contributed by atoms with Gasteiger partial charge in [-0.1, -0.05) is 12.1 Å². The Morgan fingerprint density at radius 3 is 2.75 bits per heavy atom. The molecular formula is C12H8BrN3O4. The van der Waals surface area contributed by atoms with Crippen LogP contribution < -0.4 is 5.43 Å². The summed E-state index contributed by atoms with van der Waals surface area (Å²) < 4.78 is 5.49. The number of nitrogens with one attached hydrogen (secondary N) is 1. The van der Waals surface area contributed by atoms with Crippen LogP contribution in [0.1, 0.15) is 16.1 Å². The number of carbonyl (C=O) groups is 1. The molecule has 0 aliphatic carbocycles. The topological polar surface area (TPSA) is 97.7 Å². The van der Waals surface area contributed by atoms with E-state index >= 15 is 0 Å². The first-order valence-electron chi connectivity index (χ1n) is 5.40. The third-order valence-corrected chi connectivity index (χ3v) is 2.96. The molecule has 102 valence electrons. The van der Waals surface area contributed by atoms with Crippen molar-refractivity contribution in [3.05, 3.63) is 62.3 Å². The summed E-state index contributed by atoms with van der Waals surface area (Å²) in [6.45, 7) is 0. The Balaban J connectivity index is 2.01. The predicted molar refractivity (Wildman–Crippen MR) is 74.6 cm³/mol. The standard InChI is InChI=1S/C12H8BrN3O4/c13-10-4-2-1-3-9(10)12(17)15-14-7-8-5-6-11(20-8)16(18)19/h1-7H,(H,15,17)/b14-7+. The molecule has 0 aliphatic rings. The number of nitrogens with zero attached hydrogens (tertiary/aromatic N) is 2. The fraction of sp³-hybridized carbons (Fsp3) is 0. The minimum atomic E-state index is -0.656. The van der Waals surface area contributed by atoms with Crippen LogP contribution in [0.2, 0.25) is 0 Å². The summed E-state index contributed by atoms with van der Waals surface area (Å²) in [6, 6.07) is 9.45. The molecule has 0 bridgehead atoms. The number of hydrazone groups is 1. The van der Waals surface area contributed by atoms with Gasteiger partial charge in [0.05, 0.1) is 17.8 Å². The summed E-state index contributed by atoms with van der Waals surface area (Å²) in [7, 11) is 0. The smallest absolute Gasteiger partial charge is 0.400 e. The molecule has 20 heavy (non-hydrogen) atoms. The molecule has 0 atom stereocenters. The number of nitro groups is 1. The summed E-state index contributed by atoms with van der Waals surface area (Å²) in [5, 5.41) is 14.1. The van der Waals surface area contributed by atoms with Gasteiger partial charge in [-0.25, -0.2) is 5.43 Å². The van der Waals surface area contributed by atoms with E-state index in [-0.39, 0.29) is 11.6 Å². The summed E-state index contributed by atoms with van der Waals surface area (Å²) >= 11 is 3.25. The molecule has 2 aromatic rings. The van der Waals surface area contributed by atoms with E-state index in [2.05, 4.69) is 26.5 Å². The molecule has 1 amide bonds. The molecule has 0 spiro atoms. The Morgan fingerprint density at radius 2 is 2.10 bits per heavy atom. The van der Waals surface area contributed by atoms with Crippen molar-refractivity contribution in [1.82, 2.24) is 5.43 Å². The zero-order valence-corrected chi connectivity index (χ0v) is 11.5. The number of furan rings is 1. The Labute approximate surface area is 121 Å². The zero-order chi connectivity index (χ0) is 14.5. The molecule has 0 unspecified atom stereocenters. The molecule has 0 radical (unpaired) electrons. The highest BCUT2D eigenvalue weighted by Gasteiger charge is 2.11. The minimum Gasteiger partial charge on any atom is -0.400 e. The number of amides is 1. The molecule has 1 aromatic heterocycles. The van der Waals surface area contributed by atoms with Gasteiger partial charge in [0.25, 0.3) is 5.91 Å². The van der Waals surface area contributed by atoms with Crippen LogP contribution in [0.15, 0.2) is 50.4 Å². The van der Waals surface area contributed by atoms with Gasteiger partial charge in [-0.15, -0.1) is 0 Å². The van der Waals surface area contributed by atoms with Crippen LogP contribution in [0.4, 0.5) is 5.88 Å². The van der Waals surface area contributed by atoms with Crippen molar-refractivity contribution < 1.29 is 14.1 Å². The largest absolute Gasteiger partial charge is 0.433 e. The second kappa shape index (κ2) is 6.11. The van der Waals surface area contributed by atoms with Crippen molar-refractivity contribution in [3.63, 3.8) is 0 Å². The zero-order valence-electron chi connectivity index (χ0n) is 9.95. The van der Waals surface area contributed by atoms with Crippen LogP contribution >= 0.6 is 15.9 Å². The number of hydrogen-bond donors (Lipinski definition) is 1. The van der Waals surface area contributed by atoms with E-state index in [4.69, 9.17) is 4.42 Å². The maximum absolute atomic E-state index is 11.8. The van der Waals surface area contributed by atoms with E-state index in [1.807, 2.05) is 0 Å². The summed E-state index contributed by atoms with van der Waals surface area (Å²) in [5.41, 5.74) is 2.72. The van der Waals surface area contributed by atoms with Gasteiger partial charge in [-0.05, 0) is 34.1 Å². The number of benzene rings is 1. The van der Waals surface area contributed by atoms with Crippen LogP contribution in [0, 0.1) is 10.1 Å². The van der Waals surface area contributed by atoms with Crippen LogP contribution in [-0.2, 0) is 0 Å². The van der Waals surface area contributed by atoms with Gasteiger partial charge in [-0.2, -0.15) is 5.10 Å². The first-order valence-corrected chi connectivity index (χ1v) is 6.19. The number of rotatable bonds is 4. The second-order valence-corrected chi connectivity index (χ2v) is 4.47. The molecule has 0 saturated carbocycles. The monoisotopic (exact) mass is 337 g/mol. The van der Waals surface area contributed by atoms with Crippen molar-refractivity contribution in [2.24, 2.45) is 5.10 Å². The van der Waals surface area contributed by atoms with Crippen molar-refractivity contribution in [2.45, 2.75) is 0 Å². The lowest BCUT2D eigenvalue weighted by molar-refractivity contribution is -0.402. The highest BCUT2D eigenvalue weighted by Crippen LogP contribution is 2.16. The Kier molecular flexibility index (Phi) is 4.26. The van der Waals surface area contributed by atoms with Gasteiger partial charge in [-0.3, -0.25) is 14.9 Å². The van der Waals surface area contributed by atoms with Gasteiger partial charge >= 0.3 is 5.88 Å². The van der Waals surface area contributed by atoms with Crippen LogP contribution in [0.5, 0.6) is 0 Å². The highest BCUT2D eigenvalue weighted by atomic mass is 79.9. The van der Waals surface area contributed by atoms with Gasteiger partial charge in [0, 0.05) is 4.47 Å². The van der Waals surface area contributed by atoms with Gasteiger partial charge in [0.1, 0.15) is 4.92 Å². The number of halogens is 1. The van der Waals surface area contributed by atoms with Crippen LogP contribution in [0.25, 0.3) is 0 Å². The van der Waals surface area contributed by atoms with Gasteiger partial charge < -0.3 is 4.42 Å². The van der Waals surface area contributed by atoms with E-state index < -0.39 is 10.8 Å². The first-order chi connectivity index (χ1) is 9.58. The van der Waals surface area contributed by atoms with Crippen molar-refractivity contribution >= 4 is 33.9 Å². The number of carbonyl (C=O) groups excluding carboxylic acids is 1. The Morgan fingerprint density at radius 1 is 1.35 bits per heavy atom. The van der Waals surface area contributed by atoms with E-state index in [0.717, 1.165) is 0 Å². The van der Waals surface area contributed by atoms with Crippen LogP contribution in [0.3, 0.4) is 0 Å². The molecule has 8 heteroatoms. The minimum absolute atomic E-state index is 0.170. The fourth-order valence-corrected chi connectivity index (χ4v) is 1.83. The van der Waals surface area contributed by atoms with Crippen molar-refractivity contribution in [3.8, 4) is 0 Å². The molecule has 1 heterocycles. The van der Waals surface area contributed by atoms with E-state index in [0.29, 0.717) is 10.0 Å². The molecule has 2 rings (SSSR count). The molecule has 7 nitrogen and oxygen atoms in total. The number of hydrogen-bond acceptors (Lipinski definition) is 5. The molecule has 0 fully saturated rings. The summed E-state index contributed by atoms with van der Waals surface area (Å²) in [4.78, 5) is 21.5. The van der Waals surface area contributed by atoms with E-state index in [1.165, 1.54) is 18.3 Å². The molecule has 1 N–H and O–H groups in total. The Hall–Kier alpha value is -2.48. The third-order valence-electron chi connectivity index (χ3n) is 2.27. The average molecular weight is 338 g/mol. The molecule has 0 saturated heterocycles. The van der Waals surface area contributed by atoms with Gasteiger partial charge in [0.15, 0.2) is 5.76 Å². The van der Waals surface area contributed by atoms with E-state index in [9.17, 15) is 14.9 Å². The normalized spacial score (nSPS) is 10.7. The fourth-order valence-electron chi connectivity index (χ4n) is 1.37. The van der Waals surface area contributed by atoms with Gasteiger partial charge in [0.2, 0.25) is 0 Å². The quantitative estimate of drug-likeness (QED) is 0.526. The third kappa shape index (κ3) is 3.29. The lowest BCUT2D eigenvalue weighted by Gasteiger charge is -2.01. The maximum Gasteiger partial charge on any atom is 0.433 e. The maximum atomic E-state index is 11.8. The first kappa shape index (κ1) is 13.9.